The fourth-order valence-corrected chi connectivity index (χ4v) is 3.77. The zero-order valence-electron chi connectivity index (χ0n) is 14.1. The van der Waals surface area contributed by atoms with E-state index in [-0.39, 0.29) is 11.8 Å². The van der Waals surface area contributed by atoms with Gasteiger partial charge in [-0.2, -0.15) is 5.26 Å². The Morgan fingerprint density at radius 2 is 2.04 bits per heavy atom. The number of ether oxygens (including phenoxy) is 1. The molecule has 1 N–H and O–H groups in total. The molecule has 0 radical (unpaired) electrons. The molecule has 2 fully saturated rings. The average Bonchev–Trinajstić information content (AvgIpc) is 3.14. The van der Waals surface area contributed by atoms with Crippen LogP contribution in [0.15, 0.2) is 24.3 Å². The van der Waals surface area contributed by atoms with E-state index in [2.05, 4.69) is 11.4 Å². The summed E-state index contributed by atoms with van der Waals surface area (Å²) in [7, 11) is 1.26. The Morgan fingerprint density at radius 1 is 1.32 bits per heavy atom. The second-order valence-electron chi connectivity index (χ2n) is 6.26. The number of fused-ring (bicyclic) bond motifs is 1. The largest absolute Gasteiger partial charge is 0.468 e. The number of imide groups is 1. The van der Waals surface area contributed by atoms with Crippen LogP contribution in [-0.2, 0) is 19.1 Å². The maximum absolute atomic E-state index is 12.8. The van der Waals surface area contributed by atoms with Crippen LogP contribution >= 0.6 is 0 Å². The number of rotatable bonds is 4. The molecule has 2 aliphatic rings. The molecule has 0 aliphatic carbocycles. The second kappa shape index (κ2) is 6.65. The first kappa shape index (κ1) is 17.1. The highest BCUT2D eigenvalue weighted by atomic mass is 16.5. The summed E-state index contributed by atoms with van der Waals surface area (Å²) in [6.07, 6.45) is 0.655. The predicted octanol–water partition coefficient (Wildman–Crippen LogP) is 0.755. The number of likely N-dealkylation sites (tertiary alicyclic amines) is 1. The molecule has 2 amide bonds. The third-order valence-electron chi connectivity index (χ3n) is 4.84. The number of carbonyl (C=O) groups is 3. The van der Waals surface area contributed by atoms with E-state index in [0.29, 0.717) is 24.1 Å². The molecule has 4 atom stereocenters. The molecule has 0 spiro atoms. The maximum Gasteiger partial charge on any atom is 0.323 e. The Morgan fingerprint density at radius 3 is 2.68 bits per heavy atom. The lowest BCUT2D eigenvalue weighted by molar-refractivity contribution is -0.148. The number of nitriles is 1. The highest BCUT2D eigenvalue weighted by molar-refractivity contribution is 6.08. The summed E-state index contributed by atoms with van der Waals surface area (Å²) in [6, 6.07) is 7.53. The van der Waals surface area contributed by atoms with Crippen molar-refractivity contribution in [3.8, 4) is 6.07 Å². The Balaban J connectivity index is 2.03. The third kappa shape index (κ3) is 2.68. The van der Waals surface area contributed by atoms with Crippen molar-refractivity contribution in [2.24, 2.45) is 11.8 Å². The monoisotopic (exact) mass is 341 g/mol. The number of nitrogens with zero attached hydrogens (tertiary/aromatic N) is 2. The number of carbonyl (C=O) groups excluding carboxylic acids is 3. The van der Waals surface area contributed by atoms with Gasteiger partial charge in [0.1, 0.15) is 6.04 Å². The molecule has 25 heavy (non-hydrogen) atoms. The minimum atomic E-state index is -0.871. The summed E-state index contributed by atoms with van der Waals surface area (Å²) in [5.41, 5.74) is 1.17. The van der Waals surface area contributed by atoms with E-state index in [1.165, 1.54) is 12.0 Å². The van der Waals surface area contributed by atoms with Crippen molar-refractivity contribution in [3.05, 3.63) is 35.4 Å². The Hall–Kier alpha value is -2.72. The van der Waals surface area contributed by atoms with Gasteiger partial charge in [-0.3, -0.25) is 24.6 Å². The molecule has 7 nitrogen and oxygen atoms in total. The minimum Gasteiger partial charge on any atom is -0.468 e. The molecule has 0 aromatic heterocycles. The highest BCUT2D eigenvalue weighted by Crippen LogP contribution is 2.44. The first-order valence-corrected chi connectivity index (χ1v) is 8.22. The number of benzene rings is 1. The molecule has 2 heterocycles. The van der Waals surface area contributed by atoms with E-state index in [1.807, 2.05) is 6.92 Å². The Bertz CT molecular complexity index is 770. The molecule has 1 aromatic carbocycles. The van der Waals surface area contributed by atoms with Crippen LogP contribution in [0.5, 0.6) is 0 Å². The van der Waals surface area contributed by atoms with E-state index in [9.17, 15) is 14.4 Å². The molecule has 130 valence electrons. The smallest absolute Gasteiger partial charge is 0.323 e. The second-order valence-corrected chi connectivity index (χ2v) is 6.26. The predicted molar refractivity (Wildman–Crippen MR) is 86.8 cm³/mol. The van der Waals surface area contributed by atoms with Crippen LogP contribution in [0.25, 0.3) is 0 Å². The topological polar surface area (TPSA) is 99.5 Å². The van der Waals surface area contributed by atoms with Crippen LogP contribution in [0.2, 0.25) is 0 Å². The van der Waals surface area contributed by atoms with Crippen molar-refractivity contribution in [3.63, 3.8) is 0 Å². The summed E-state index contributed by atoms with van der Waals surface area (Å²) in [5, 5.41) is 12.2. The molecule has 7 heteroatoms. The summed E-state index contributed by atoms with van der Waals surface area (Å²) in [6.45, 7) is 2.22. The number of esters is 1. The zero-order chi connectivity index (χ0) is 18.1. The van der Waals surface area contributed by atoms with Crippen molar-refractivity contribution >= 4 is 17.8 Å². The van der Waals surface area contributed by atoms with Gasteiger partial charge in [-0.25, -0.2) is 0 Å². The quantitative estimate of drug-likeness (QED) is 0.641. The number of amides is 2. The first-order valence-electron chi connectivity index (χ1n) is 8.22. The van der Waals surface area contributed by atoms with Crippen molar-refractivity contribution in [1.82, 2.24) is 10.2 Å². The van der Waals surface area contributed by atoms with Crippen molar-refractivity contribution in [1.29, 1.82) is 5.26 Å². The van der Waals surface area contributed by atoms with Crippen LogP contribution in [0.1, 0.15) is 30.5 Å². The fraction of sp³-hybridized carbons (Fsp3) is 0.444. The summed E-state index contributed by atoms with van der Waals surface area (Å²) in [5.74, 6) is -2.62. The van der Waals surface area contributed by atoms with Gasteiger partial charge < -0.3 is 4.74 Å². The van der Waals surface area contributed by atoms with Crippen LogP contribution < -0.4 is 5.32 Å². The molecule has 3 rings (SSSR count). The summed E-state index contributed by atoms with van der Waals surface area (Å²) < 4.78 is 4.81. The van der Waals surface area contributed by atoms with Gasteiger partial charge in [-0.1, -0.05) is 19.1 Å². The Labute approximate surface area is 145 Å². The van der Waals surface area contributed by atoms with Crippen molar-refractivity contribution in [2.75, 3.05) is 13.7 Å². The fourth-order valence-electron chi connectivity index (χ4n) is 3.77. The molecular formula is C18H19N3O4. The van der Waals surface area contributed by atoms with E-state index in [4.69, 9.17) is 10.00 Å². The van der Waals surface area contributed by atoms with Gasteiger partial charge >= 0.3 is 5.97 Å². The van der Waals surface area contributed by atoms with Crippen LogP contribution in [0.4, 0.5) is 0 Å². The van der Waals surface area contributed by atoms with Crippen molar-refractivity contribution in [2.45, 2.75) is 25.4 Å². The summed E-state index contributed by atoms with van der Waals surface area (Å²) in [4.78, 5) is 39.0. The van der Waals surface area contributed by atoms with E-state index in [0.717, 1.165) is 0 Å². The zero-order valence-corrected chi connectivity index (χ0v) is 14.1. The number of nitrogens with one attached hydrogen (secondary N) is 1. The molecule has 0 saturated carbocycles. The van der Waals surface area contributed by atoms with Gasteiger partial charge in [0.2, 0.25) is 11.8 Å². The van der Waals surface area contributed by atoms with Gasteiger partial charge in [-0.05, 0) is 24.1 Å². The highest BCUT2D eigenvalue weighted by Gasteiger charge is 2.60. The SMILES string of the molecule is CCCN1C(=O)[C@@H]2[C@H](C1=O)[C@@H](c1cccc(C#N)c1)N[C@H]2C(=O)OC. The lowest BCUT2D eigenvalue weighted by Gasteiger charge is -2.21. The van der Waals surface area contributed by atoms with E-state index < -0.39 is 29.9 Å². The number of methoxy groups -OCH3 is 1. The molecule has 0 unspecified atom stereocenters. The van der Waals surface area contributed by atoms with E-state index in [1.54, 1.807) is 24.3 Å². The van der Waals surface area contributed by atoms with Gasteiger partial charge in [0, 0.05) is 12.6 Å². The van der Waals surface area contributed by atoms with Crippen LogP contribution in [0.3, 0.4) is 0 Å². The van der Waals surface area contributed by atoms with E-state index >= 15 is 0 Å². The molecule has 1 aromatic rings. The molecule has 0 bridgehead atoms. The number of hydrogen-bond donors (Lipinski definition) is 1. The van der Waals surface area contributed by atoms with Crippen molar-refractivity contribution < 1.29 is 19.1 Å². The molecular weight excluding hydrogens is 322 g/mol. The molecule has 2 aliphatic heterocycles. The first-order chi connectivity index (χ1) is 12.0. The normalized spacial score (nSPS) is 28.0. The van der Waals surface area contributed by atoms with Gasteiger partial charge in [0.05, 0.1) is 30.6 Å². The van der Waals surface area contributed by atoms with Gasteiger partial charge in [-0.15, -0.1) is 0 Å². The standard InChI is InChI=1S/C18H19N3O4/c1-3-7-21-16(22)12-13(17(21)23)15(18(24)25-2)20-14(12)11-6-4-5-10(8-11)9-19/h4-6,8,12-15,20H,3,7H2,1-2H3/t12-,13+,14+,15+/m0/s1. The third-order valence-corrected chi connectivity index (χ3v) is 4.84. The lowest BCUT2D eigenvalue weighted by atomic mass is 9.86. The average molecular weight is 341 g/mol. The van der Waals surface area contributed by atoms with Gasteiger partial charge in [0.25, 0.3) is 0 Å². The number of hydrogen-bond acceptors (Lipinski definition) is 6. The lowest BCUT2D eigenvalue weighted by Crippen LogP contribution is -2.43. The maximum atomic E-state index is 12.8. The summed E-state index contributed by atoms with van der Waals surface area (Å²) >= 11 is 0. The Kier molecular flexibility index (Phi) is 4.55. The van der Waals surface area contributed by atoms with Gasteiger partial charge in [0.15, 0.2) is 0 Å². The minimum absolute atomic E-state index is 0.275. The van der Waals surface area contributed by atoms with Crippen LogP contribution in [0, 0.1) is 23.2 Å². The van der Waals surface area contributed by atoms with Crippen LogP contribution in [-0.4, -0.2) is 42.4 Å². The molecule has 2 saturated heterocycles.